The van der Waals surface area contributed by atoms with E-state index in [-0.39, 0.29) is 5.54 Å². The van der Waals surface area contributed by atoms with E-state index in [4.69, 9.17) is 9.72 Å². The van der Waals surface area contributed by atoms with Gasteiger partial charge in [0.05, 0.1) is 17.8 Å². The maximum atomic E-state index is 5.35. The number of aromatic nitrogens is 1. The molecule has 3 nitrogen and oxygen atoms in total. The molecule has 1 N–H and O–H groups in total. The summed E-state index contributed by atoms with van der Waals surface area (Å²) in [6, 6.07) is 0. The third-order valence-electron chi connectivity index (χ3n) is 3.48. The van der Waals surface area contributed by atoms with E-state index in [0.29, 0.717) is 6.61 Å². The van der Waals surface area contributed by atoms with Crippen LogP contribution in [0.15, 0.2) is 0 Å². The molecule has 0 saturated carbocycles. The molecule has 1 aliphatic rings. The summed E-state index contributed by atoms with van der Waals surface area (Å²) in [5.74, 6) is 0. The Bertz CT molecular complexity index is 336. The van der Waals surface area contributed by atoms with Crippen molar-refractivity contribution in [3.05, 3.63) is 15.6 Å². The molecule has 0 radical (unpaired) electrons. The van der Waals surface area contributed by atoms with Gasteiger partial charge >= 0.3 is 0 Å². The van der Waals surface area contributed by atoms with Crippen molar-refractivity contribution < 1.29 is 4.74 Å². The van der Waals surface area contributed by atoms with Crippen LogP contribution in [0.4, 0.5) is 0 Å². The summed E-state index contributed by atoms with van der Waals surface area (Å²) in [5.41, 5.74) is 1.23. The minimum atomic E-state index is -0.0935. The van der Waals surface area contributed by atoms with Gasteiger partial charge in [0.15, 0.2) is 0 Å². The van der Waals surface area contributed by atoms with E-state index < -0.39 is 0 Å². The van der Waals surface area contributed by atoms with Gasteiger partial charge in [0.1, 0.15) is 5.01 Å². The van der Waals surface area contributed by atoms with Crippen LogP contribution >= 0.6 is 11.3 Å². The Morgan fingerprint density at radius 1 is 1.50 bits per heavy atom. The second-order valence-electron chi connectivity index (χ2n) is 4.36. The van der Waals surface area contributed by atoms with Crippen molar-refractivity contribution in [3.63, 3.8) is 0 Å². The summed E-state index contributed by atoms with van der Waals surface area (Å²) < 4.78 is 5.35. The van der Waals surface area contributed by atoms with Crippen LogP contribution in [0.1, 0.15) is 35.3 Å². The molecule has 1 atom stereocenters. The van der Waals surface area contributed by atoms with Crippen LogP contribution in [0.2, 0.25) is 0 Å². The number of rotatable bonds is 5. The van der Waals surface area contributed by atoms with Gasteiger partial charge in [0, 0.05) is 12.0 Å². The summed E-state index contributed by atoms with van der Waals surface area (Å²) in [4.78, 5) is 6.28. The lowest BCUT2D eigenvalue weighted by molar-refractivity contribution is 0.109. The SMILES string of the molecule is CCC(COC)(NC)c1nc2c(s1)CCC2. The summed E-state index contributed by atoms with van der Waals surface area (Å²) in [6.45, 7) is 2.87. The van der Waals surface area contributed by atoms with Crippen LogP contribution in [0.25, 0.3) is 0 Å². The monoisotopic (exact) mass is 240 g/mol. The van der Waals surface area contributed by atoms with E-state index in [0.717, 1.165) is 12.8 Å². The summed E-state index contributed by atoms with van der Waals surface area (Å²) >= 11 is 1.86. The molecule has 1 heterocycles. The largest absolute Gasteiger partial charge is 0.382 e. The van der Waals surface area contributed by atoms with Crippen LogP contribution in [-0.4, -0.2) is 25.7 Å². The lowest BCUT2D eigenvalue weighted by atomic mass is 9.98. The first-order chi connectivity index (χ1) is 7.75. The first kappa shape index (κ1) is 12.0. The smallest absolute Gasteiger partial charge is 0.116 e. The van der Waals surface area contributed by atoms with Gasteiger partial charge in [-0.3, -0.25) is 0 Å². The Kier molecular flexibility index (Phi) is 3.62. The molecule has 2 rings (SSSR count). The third-order valence-corrected chi connectivity index (χ3v) is 4.84. The zero-order valence-electron chi connectivity index (χ0n) is 10.3. The number of methoxy groups -OCH3 is 1. The predicted octanol–water partition coefficient (Wildman–Crippen LogP) is 2.10. The van der Waals surface area contributed by atoms with Crippen LogP contribution in [0.3, 0.4) is 0 Å². The average molecular weight is 240 g/mol. The molecule has 0 fully saturated rings. The highest BCUT2D eigenvalue weighted by Gasteiger charge is 2.33. The van der Waals surface area contributed by atoms with Gasteiger partial charge in [-0.15, -0.1) is 11.3 Å². The minimum absolute atomic E-state index is 0.0935. The van der Waals surface area contributed by atoms with Crippen molar-refractivity contribution in [3.8, 4) is 0 Å². The molecule has 1 aliphatic carbocycles. The molecule has 0 aliphatic heterocycles. The van der Waals surface area contributed by atoms with E-state index >= 15 is 0 Å². The van der Waals surface area contributed by atoms with E-state index in [9.17, 15) is 0 Å². The standard InChI is InChI=1S/C12H20N2OS/c1-4-12(13-2,8-15-3)11-14-9-6-5-7-10(9)16-11/h13H,4-8H2,1-3H3. The van der Waals surface area contributed by atoms with Gasteiger partial charge in [0.25, 0.3) is 0 Å². The summed E-state index contributed by atoms with van der Waals surface area (Å²) in [5, 5.41) is 4.59. The number of hydrogen-bond acceptors (Lipinski definition) is 4. The highest BCUT2D eigenvalue weighted by Crippen LogP contribution is 2.34. The first-order valence-corrected chi connectivity index (χ1v) is 6.74. The van der Waals surface area contributed by atoms with Crippen LogP contribution < -0.4 is 5.32 Å². The molecule has 0 aromatic carbocycles. The summed E-state index contributed by atoms with van der Waals surface area (Å²) in [6.07, 6.45) is 4.65. The molecule has 1 aromatic rings. The second-order valence-corrected chi connectivity index (χ2v) is 5.44. The Labute approximate surface area is 101 Å². The molecule has 16 heavy (non-hydrogen) atoms. The number of ether oxygens (including phenoxy) is 1. The zero-order chi connectivity index (χ0) is 11.6. The molecule has 1 unspecified atom stereocenters. The molecule has 1 aromatic heterocycles. The third kappa shape index (κ3) is 1.90. The minimum Gasteiger partial charge on any atom is -0.382 e. The molecule has 0 bridgehead atoms. The maximum Gasteiger partial charge on any atom is 0.116 e. The number of nitrogens with zero attached hydrogens (tertiary/aromatic N) is 1. The lowest BCUT2D eigenvalue weighted by Gasteiger charge is -2.29. The van der Waals surface area contributed by atoms with Gasteiger partial charge in [-0.05, 0) is 32.7 Å². The second kappa shape index (κ2) is 4.82. The van der Waals surface area contributed by atoms with E-state index in [2.05, 4.69) is 12.2 Å². The summed E-state index contributed by atoms with van der Waals surface area (Å²) in [7, 11) is 3.75. The topological polar surface area (TPSA) is 34.1 Å². The number of aryl methyl sites for hydroxylation is 2. The Hall–Kier alpha value is -0.450. The van der Waals surface area contributed by atoms with Crippen molar-refractivity contribution >= 4 is 11.3 Å². The van der Waals surface area contributed by atoms with Crippen molar-refractivity contribution in [1.82, 2.24) is 10.3 Å². The van der Waals surface area contributed by atoms with Gasteiger partial charge in [-0.25, -0.2) is 4.98 Å². The fraction of sp³-hybridized carbons (Fsp3) is 0.750. The van der Waals surface area contributed by atoms with Gasteiger partial charge in [-0.2, -0.15) is 0 Å². The normalized spacial score (nSPS) is 18.4. The number of likely N-dealkylation sites (N-methyl/N-ethyl adjacent to an activating group) is 1. The molecule has 0 saturated heterocycles. The molecule has 4 heteroatoms. The maximum absolute atomic E-state index is 5.35. The van der Waals surface area contributed by atoms with E-state index in [1.54, 1.807) is 7.11 Å². The van der Waals surface area contributed by atoms with Crippen LogP contribution in [-0.2, 0) is 23.1 Å². The van der Waals surface area contributed by atoms with Gasteiger partial charge in [0.2, 0.25) is 0 Å². The average Bonchev–Trinajstić information content (AvgIpc) is 2.86. The molecular formula is C12H20N2OS. The Balaban J connectivity index is 2.31. The highest BCUT2D eigenvalue weighted by molar-refractivity contribution is 7.12. The molecule has 0 spiro atoms. The fourth-order valence-electron chi connectivity index (χ4n) is 2.31. The number of thiazole rings is 1. The Morgan fingerprint density at radius 2 is 2.31 bits per heavy atom. The molecule has 90 valence electrons. The van der Waals surface area contributed by atoms with E-state index in [1.807, 2.05) is 18.4 Å². The number of fused-ring (bicyclic) bond motifs is 1. The molecular weight excluding hydrogens is 220 g/mol. The fourth-order valence-corrected chi connectivity index (χ4v) is 3.71. The van der Waals surface area contributed by atoms with Crippen molar-refractivity contribution in [2.24, 2.45) is 0 Å². The van der Waals surface area contributed by atoms with Crippen molar-refractivity contribution in [1.29, 1.82) is 0 Å². The van der Waals surface area contributed by atoms with Crippen molar-refractivity contribution in [2.45, 2.75) is 38.1 Å². The predicted molar refractivity (Wildman–Crippen MR) is 67.0 cm³/mol. The lowest BCUT2D eigenvalue weighted by Crippen LogP contribution is -2.43. The zero-order valence-corrected chi connectivity index (χ0v) is 11.1. The van der Waals surface area contributed by atoms with Gasteiger partial charge < -0.3 is 10.1 Å². The number of hydrogen-bond donors (Lipinski definition) is 1. The quantitative estimate of drug-likeness (QED) is 0.856. The number of nitrogens with one attached hydrogen (secondary N) is 1. The van der Waals surface area contributed by atoms with Crippen molar-refractivity contribution in [2.75, 3.05) is 20.8 Å². The molecule has 0 amide bonds. The van der Waals surface area contributed by atoms with Crippen LogP contribution in [0, 0.1) is 0 Å². The van der Waals surface area contributed by atoms with Gasteiger partial charge in [-0.1, -0.05) is 6.92 Å². The Morgan fingerprint density at radius 3 is 2.88 bits per heavy atom. The van der Waals surface area contributed by atoms with E-state index in [1.165, 1.54) is 28.4 Å². The highest BCUT2D eigenvalue weighted by atomic mass is 32.1. The van der Waals surface area contributed by atoms with Crippen LogP contribution in [0.5, 0.6) is 0 Å². The first-order valence-electron chi connectivity index (χ1n) is 5.92.